The van der Waals surface area contributed by atoms with Gasteiger partial charge in [-0.25, -0.2) is 4.68 Å². The lowest BCUT2D eigenvalue weighted by Gasteiger charge is -2.11. The van der Waals surface area contributed by atoms with Gasteiger partial charge in [0, 0.05) is 25.0 Å². The molecule has 0 saturated carbocycles. The largest absolute Gasteiger partial charge is 0.310 e. The van der Waals surface area contributed by atoms with Crippen LogP contribution in [0.25, 0.3) is 5.69 Å². The number of halogens is 1. The highest BCUT2D eigenvalue weighted by atomic mass is 35.5. The second-order valence-electron chi connectivity index (χ2n) is 4.55. The lowest BCUT2D eigenvalue weighted by Crippen LogP contribution is -2.22. The molecule has 0 aliphatic heterocycles. The Balaban J connectivity index is 2.32. The van der Waals surface area contributed by atoms with Gasteiger partial charge in [0.05, 0.1) is 22.6 Å². The van der Waals surface area contributed by atoms with Crippen LogP contribution in [-0.4, -0.2) is 20.8 Å². The second-order valence-corrected chi connectivity index (χ2v) is 4.95. The number of hydrogen-bond acceptors (Lipinski definition) is 3. The first-order chi connectivity index (χ1) is 8.58. The van der Waals surface area contributed by atoms with Crippen LogP contribution in [0.2, 0.25) is 5.02 Å². The number of nitrogens with zero attached hydrogens (tertiary/aromatic N) is 3. The minimum absolute atomic E-state index is 0.439. The van der Waals surface area contributed by atoms with Crippen molar-refractivity contribution in [1.29, 1.82) is 0 Å². The molecule has 2 heterocycles. The van der Waals surface area contributed by atoms with Gasteiger partial charge in [-0.1, -0.05) is 25.4 Å². The topological polar surface area (TPSA) is 42.7 Å². The predicted octanol–water partition coefficient (Wildman–Crippen LogP) is 2.73. The summed E-state index contributed by atoms with van der Waals surface area (Å²) < 4.78 is 1.78. The fraction of sp³-hybridized carbons (Fsp3) is 0.385. The minimum Gasteiger partial charge on any atom is -0.310 e. The molecule has 0 aliphatic rings. The van der Waals surface area contributed by atoms with Gasteiger partial charge < -0.3 is 5.32 Å². The molecule has 0 amide bonds. The Morgan fingerprint density at radius 2 is 2.22 bits per heavy atom. The SMILES string of the molecule is Cc1nn(-c2cnccc2CNC(C)C)cc1Cl. The van der Waals surface area contributed by atoms with E-state index in [1.54, 1.807) is 17.1 Å². The molecule has 0 bridgehead atoms. The smallest absolute Gasteiger partial charge is 0.0874 e. The summed E-state index contributed by atoms with van der Waals surface area (Å²) in [6.07, 6.45) is 5.41. The molecule has 0 spiro atoms. The van der Waals surface area contributed by atoms with E-state index in [1.165, 1.54) is 0 Å². The average Bonchev–Trinajstić information content (AvgIpc) is 2.67. The highest BCUT2D eigenvalue weighted by Gasteiger charge is 2.08. The molecule has 0 fully saturated rings. The van der Waals surface area contributed by atoms with E-state index in [4.69, 9.17) is 11.6 Å². The zero-order valence-corrected chi connectivity index (χ0v) is 11.6. The summed E-state index contributed by atoms with van der Waals surface area (Å²) in [7, 11) is 0. The number of hydrogen-bond donors (Lipinski definition) is 1. The standard InChI is InChI=1S/C13H17ClN4/c1-9(2)16-6-11-4-5-15-7-13(11)18-8-12(14)10(3)17-18/h4-5,7-9,16H,6H2,1-3H3. The van der Waals surface area contributed by atoms with Crippen LogP contribution in [0.15, 0.2) is 24.7 Å². The van der Waals surface area contributed by atoms with Crippen molar-refractivity contribution in [3.63, 3.8) is 0 Å². The first kappa shape index (κ1) is 13.1. The zero-order valence-electron chi connectivity index (χ0n) is 10.8. The molecule has 0 unspecified atom stereocenters. The van der Waals surface area contributed by atoms with Gasteiger partial charge in [0.1, 0.15) is 0 Å². The van der Waals surface area contributed by atoms with Crippen LogP contribution < -0.4 is 5.32 Å². The summed E-state index contributed by atoms with van der Waals surface area (Å²) in [4.78, 5) is 4.16. The molecular weight excluding hydrogens is 248 g/mol. The number of aryl methyl sites for hydroxylation is 1. The van der Waals surface area contributed by atoms with Crippen LogP contribution in [0.1, 0.15) is 25.1 Å². The average molecular weight is 265 g/mol. The summed E-state index contributed by atoms with van der Waals surface area (Å²) in [5, 5.41) is 8.44. The number of pyridine rings is 1. The van der Waals surface area contributed by atoms with Crippen molar-refractivity contribution in [3.8, 4) is 5.69 Å². The molecule has 2 rings (SSSR count). The number of aromatic nitrogens is 3. The molecule has 0 aliphatic carbocycles. The molecule has 4 nitrogen and oxygen atoms in total. The molecule has 0 radical (unpaired) electrons. The van der Waals surface area contributed by atoms with Gasteiger partial charge in [0.25, 0.3) is 0 Å². The van der Waals surface area contributed by atoms with Gasteiger partial charge in [-0.2, -0.15) is 5.10 Å². The van der Waals surface area contributed by atoms with Crippen LogP contribution in [0.5, 0.6) is 0 Å². The van der Waals surface area contributed by atoms with Gasteiger partial charge in [-0.3, -0.25) is 4.98 Å². The van der Waals surface area contributed by atoms with E-state index in [9.17, 15) is 0 Å². The van der Waals surface area contributed by atoms with E-state index in [1.807, 2.05) is 19.2 Å². The fourth-order valence-electron chi connectivity index (χ4n) is 1.65. The van der Waals surface area contributed by atoms with E-state index in [2.05, 4.69) is 29.2 Å². The summed E-state index contributed by atoms with van der Waals surface area (Å²) >= 11 is 6.04. The molecule has 18 heavy (non-hydrogen) atoms. The molecule has 1 N–H and O–H groups in total. The van der Waals surface area contributed by atoms with Gasteiger partial charge in [0.2, 0.25) is 0 Å². The lowest BCUT2D eigenvalue weighted by atomic mass is 10.2. The van der Waals surface area contributed by atoms with Crippen LogP contribution in [0, 0.1) is 6.92 Å². The first-order valence-electron chi connectivity index (χ1n) is 5.96. The monoisotopic (exact) mass is 264 g/mol. The van der Waals surface area contributed by atoms with E-state index in [0.29, 0.717) is 11.1 Å². The molecule has 0 aromatic carbocycles. The Labute approximate surface area is 112 Å². The van der Waals surface area contributed by atoms with E-state index < -0.39 is 0 Å². The molecule has 2 aromatic heterocycles. The molecule has 0 saturated heterocycles. The number of rotatable bonds is 4. The summed E-state index contributed by atoms with van der Waals surface area (Å²) in [5.41, 5.74) is 2.93. The quantitative estimate of drug-likeness (QED) is 0.923. The van der Waals surface area contributed by atoms with Crippen molar-refractivity contribution < 1.29 is 0 Å². The van der Waals surface area contributed by atoms with E-state index in [0.717, 1.165) is 23.5 Å². The fourth-order valence-corrected chi connectivity index (χ4v) is 1.78. The Hall–Kier alpha value is -1.39. The summed E-state index contributed by atoms with van der Waals surface area (Å²) in [6.45, 7) is 6.92. The van der Waals surface area contributed by atoms with Gasteiger partial charge in [0.15, 0.2) is 0 Å². The van der Waals surface area contributed by atoms with Crippen molar-refractivity contribution in [2.24, 2.45) is 0 Å². The van der Waals surface area contributed by atoms with Crippen LogP contribution in [0.3, 0.4) is 0 Å². The molecule has 5 heteroatoms. The van der Waals surface area contributed by atoms with Crippen molar-refractivity contribution in [1.82, 2.24) is 20.1 Å². The van der Waals surface area contributed by atoms with Crippen LogP contribution in [0.4, 0.5) is 0 Å². The van der Waals surface area contributed by atoms with Gasteiger partial charge >= 0.3 is 0 Å². The van der Waals surface area contributed by atoms with Crippen molar-refractivity contribution in [2.75, 3.05) is 0 Å². The summed E-state index contributed by atoms with van der Waals surface area (Å²) in [6, 6.07) is 2.43. The maximum Gasteiger partial charge on any atom is 0.0874 e. The highest BCUT2D eigenvalue weighted by Crippen LogP contribution is 2.18. The molecule has 0 atom stereocenters. The number of nitrogens with one attached hydrogen (secondary N) is 1. The van der Waals surface area contributed by atoms with Gasteiger partial charge in [-0.15, -0.1) is 0 Å². The maximum absolute atomic E-state index is 6.04. The van der Waals surface area contributed by atoms with Crippen molar-refractivity contribution in [3.05, 3.63) is 40.9 Å². The highest BCUT2D eigenvalue weighted by molar-refractivity contribution is 6.31. The molecule has 96 valence electrons. The predicted molar refractivity (Wildman–Crippen MR) is 73.1 cm³/mol. The van der Waals surface area contributed by atoms with E-state index >= 15 is 0 Å². The minimum atomic E-state index is 0.439. The molecule has 2 aromatic rings. The van der Waals surface area contributed by atoms with E-state index in [-0.39, 0.29) is 0 Å². The second kappa shape index (κ2) is 5.50. The molecular formula is C13H17ClN4. The Morgan fingerprint density at radius 1 is 1.44 bits per heavy atom. The third-order valence-corrected chi connectivity index (χ3v) is 3.05. The zero-order chi connectivity index (χ0) is 13.1. The third kappa shape index (κ3) is 2.89. The maximum atomic E-state index is 6.04. The lowest BCUT2D eigenvalue weighted by molar-refractivity contribution is 0.586. The van der Waals surface area contributed by atoms with Crippen molar-refractivity contribution in [2.45, 2.75) is 33.4 Å². The normalized spacial score (nSPS) is 11.2. The Bertz CT molecular complexity index is 514. The summed E-state index contributed by atoms with van der Waals surface area (Å²) in [5.74, 6) is 0. The van der Waals surface area contributed by atoms with Gasteiger partial charge in [-0.05, 0) is 18.6 Å². The Morgan fingerprint density at radius 3 is 2.83 bits per heavy atom. The van der Waals surface area contributed by atoms with Crippen molar-refractivity contribution >= 4 is 11.6 Å². The van der Waals surface area contributed by atoms with Crippen LogP contribution >= 0.6 is 11.6 Å². The first-order valence-corrected chi connectivity index (χ1v) is 6.34. The van der Waals surface area contributed by atoms with Crippen LogP contribution in [-0.2, 0) is 6.54 Å². The Kier molecular flexibility index (Phi) is 3.99. The third-order valence-electron chi connectivity index (χ3n) is 2.67.